The van der Waals surface area contributed by atoms with Gasteiger partial charge in [0.2, 0.25) is 0 Å². The molecule has 1 atom stereocenters. The first-order valence-electron chi connectivity index (χ1n) is 8.28. The van der Waals surface area contributed by atoms with Crippen LogP contribution in [0, 0.1) is 0 Å². The van der Waals surface area contributed by atoms with Gasteiger partial charge in [-0.2, -0.15) is 0 Å². The lowest BCUT2D eigenvalue weighted by Crippen LogP contribution is -2.53. The van der Waals surface area contributed by atoms with Crippen LogP contribution in [0.25, 0.3) is 0 Å². The Kier molecular flexibility index (Phi) is 6.38. The van der Waals surface area contributed by atoms with E-state index in [1.807, 2.05) is 32.9 Å². The van der Waals surface area contributed by atoms with Crippen molar-refractivity contribution in [3.63, 3.8) is 0 Å². The number of fused-ring (bicyclic) bond motifs is 1. The Morgan fingerprint density at radius 3 is 2.80 bits per heavy atom. The van der Waals surface area contributed by atoms with Gasteiger partial charge in [0, 0.05) is 34.4 Å². The number of carbonyl (C=O) groups is 2. The second kappa shape index (κ2) is 7.96. The van der Waals surface area contributed by atoms with Crippen LogP contribution < -0.4 is 10.6 Å². The summed E-state index contributed by atoms with van der Waals surface area (Å²) in [6.45, 7) is 6.28. The maximum atomic E-state index is 12.2. The molecular weight excluding hydrogens is 408 g/mol. The first-order valence-corrected chi connectivity index (χ1v) is 9.61. The minimum absolute atomic E-state index is 0.0960. The van der Waals surface area contributed by atoms with Crippen molar-refractivity contribution in [2.24, 2.45) is 0 Å². The third-order valence-electron chi connectivity index (χ3n) is 4.14. The molecule has 0 bridgehead atoms. The van der Waals surface area contributed by atoms with Crippen molar-refractivity contribution in [3.8, 4) is 0 Å². The summed E-state index contributed by atoms with van der Waals surface area (Å²) in [4.78, 5) is 24.3. The molecule has 5 nitrogen and oxygen atoms in total. The average molecular weight is 432 g/mol. The quantitative estimate of drug-likeness (QED) is 0.693. The van der Waals surface area contributed by atoms with Crippen LogP contribution in [-0.4, -0.2) is 36.6 Å². The van der Waals surface area contributed by atoms with E-state index in [0.717, 1.165) is 22.9 Å². The molecule has 0 saturated carbocycles. The highest BCUT2D eigenvalue weighted by molar-refractivity contribution is 9.10. The molecule has 25 heavy (non-hydrogen) atoms. The Morgan fingerprint density at radius 2 is 2.16 bits per heavy atom. The lowest BCUT2D eigenvalue weighted by molar-refractivity contribution is 0.0511. The smallest absolute Gasteiger partial charge is 0.407 e. The van der Waals surface area contributed by atoms with Crippen molar-refractivity contribution in [2.75, 3.05) is 19.0 Å². The van der Waals surface area contributed by atoms with Crippen LogP contribution in [0.15, 0.2) is 22.7 Å². The summed E-state index contributed by atoms with van der Waals surface area (Å²) in [6, 6.07) is 5.60. The fourth-order valence-electron chi connectivity index (χ4n) is 3.02. The molecule has 0 saturated heterocycles. The monoisotopic (exact) mass is 430 g/mol. The molecule has 0 aliphatic carbocycles. The zero-order valence-electron chi connectivity index (χ0n) is 14.7. The molecule has 2 amide bonds. The normalized spacial score (nSPS) is 19.8. The zero-order chi connectivity index (χ0) is 18.7. The van der Waals surface area contributed by atoms with Crippen molar-refractivity contribution >= 4 is 39.5 Å². The molecule has 1 heterocycles. The number of alkyl carbamates (subject to hydrolysis) is 1. The number of halogens is 2. The SMILES string of the molecule is CC(C)(C)OC(=O)NCC1(CCCCl)CNC(=O)c2ccc(Br)cc21. The van der Waals surface area contributed by atoms with Crippen molar-refractivity contribution < 1.29 is 14.3 Å². The van der Waals surface area contributed by atoms with Crippen LogP contribution in [0.3, 0.4) is 0 Å². The molecule has 138 valence electrons. The summed E-state index contributed by atoms with van der Waals surface area (Å²) < 4.78 is 6.24. The van der Waals surface area contributed by atoms with Gasteiger partial charge < -0.3 is 15.4 Å². The Morgan fingerprint density at radius 1 is 1.44 bits per heavy atom. The molecule has 0 fully saturated rings. The van der Waals surface area contributed by atoms with Gasteiger partial charge in [-0.15, -0.1) is 11.6 Å². The molecule has 1 unspecified atom stereocenters. The van der Waals surface area contributed by atoms with Gasteiger partial charge in [0.1, 0.15) is 5.60 Å². The van der Waals surface area contributed by atoms with Crippen molar-refractivity contribution in [3.05, 3.63) is 33.8 Å². The fourth-order valence-corrected chi connectivity index (χ4v) is 3.52. The molecule has 1 aliphatic heterocycles. The number of benzene rings is 1. The maximum Gasteiger partial charge on any atom is 0.407 e. The van der Waals surface area contributed by atoms with Gasteiger partial charge in [-0.25, -0.2) is 4.79 Å². The molecule has 0 aromatic heterocycles. The van der Waals surface area contributed by atoms with Crippen molar-refractivity contribution in [2.45, 2.75) is 44.6 Å². The van der Waals surface area contributed by atoms with E-state index in [2.05, 4.69) is 26.6 Å². The van der Waals surface area contributed by atoms with Gasteiger partial charge in [0.15, 0.2) is 0 Å². The van der Waals surface area contributed by atoms with Crippen LogP contribution >= 0.6 is 27.5 Å². The highest BCUT2D eigenvalue weighted by atomic mass is 79.9. The largest absolute Gasteiger partial charge is 0.444 e. The summed E-state index contributed by atoms with van der Waals surface area (Å²) in [5.74, 6) is 0.423. The topological polar surface area (TPSA) is 67.4 Å². The number of amides is 2. The third-order valence-corrected chi connectivity index (χ3v) is 4.90. The summed E-state index contributed by atoms with van der Waals surface area (Å²) in [7, 11) is 0. The third kappa shape index (κ3) is 5.11. The highest BCUT2D eigenvalue weighted by Crippen LogP contribution is 2.36. The molecular formula is C18H24BrClN2O3. The van der Waals surface area contributed by atoms with E-state index >= 15 is 0 Å². The lowest BCUT2D eigenvalue weighted by atomic mass is 9.72. The van der Waals surface area contributed by atoms with Crippen LogP contribution in [0.2, 0.25) is 0 Å². The van der Waals surface area contributed by atoms with Crippen molar-refractivity contribution in [1.82, 2.24) is 10.6 Å². The lowest BCUT2D eigenvalue weighted by Gasteiger charge is -2.39. The number of alkyl halides is 1. The van der Waals surface area contributed by atoms with Crippen LogP contribution in [0.5, 0.6) is 0 Å². The van der Waals surface area contributed by atoms with Gasteiger partial charge >= 0.3 is 6.09 Å². The van der Waals surface area contributed by atoms with Crippen LogP contribution in [0.4, 0.5) is 4.79 Å². The van der Waals surface area contributed by atoms with Crippen LogP contribution in [0.1, 0.15) is 49.5 Å². The predicted octanol–water partition coefficient (Wildman–Crippen LogP) is 3.97. The number of hydrogen-bond donors (Lipinski definition) is 2. The standard InChI is InChI=1S/C18H24BrClN2O3/c1-17(2,3)25-16(24)22-11-18(7-4-8-20)10-21-15(23)13-6-5-12(19)9-14(13)18/h5-6,9H,4,7-8,10-11H2,1-3H3,(H,21,23)(H,22,24). The zero-order valence-corrected chi connectivity index (χ0v) is 17.1. The Balaban J connectivity index is 2.29. The summed E-state index contributed by atoms with van der Waals surface area (Å²) >= 11 is 9.39. The number of hydrogen-bond acceptors (Lipinski definition) is 3. The van der Waals surface area contributed by atoms with E-state index in [1.54, 1.807) is 6.07 Å². The first kappa shape index (κ1) is 20.0. The van der Waals surface area contributed by atoms with E-state index in [9.17, 15) is 9.59 Å². The number of ether oxygens (including phenoxy) is 1. The molecule has 1 aromatic carbocycles. The average Bonchev–Trinajstić information content (AvgIpc) is 2.52. The van der Waals surface area contributed by atoms with Gasteiger partial charge in [-0.05, 0) is 57.4 Å². The molecule has 2 rings (SSSR count). The minimum Gasteiger partial charge on any atom is -0.444 e. The number of carbonyl (C=O) groups excluding carboxylic acids is 2. The van der Waals surface area contributed by atoms with Gasteiger partial charge in [-0.1, -0.05) is 15.9 Å². The molecule has 1 aromatic rings. The van der Waals surface area contributed by atoms with E-state index in [0.29, 0.717) is 24.5 Å². The summed E-state index contributed by atoms with van der Waals surface area (Å²) in [6.07, 6.45) is 1.06. The van der Waals surface area contributed by atoms with Crippen LogP contribution in [-0.2, 0) is 10.2 Å². The Labute approximate surface area is 162 Å². The Hall–Kier alpha value is -1.27. The van der Waals surface area contributed by atoms with Crippen molar-refractivity contribution in [1.29, 1.82) is 0 Å². The van der Waals surface area contributed by atoms with E-state index in [4.69, 9.17) is 16.3 Å². The highest BCUT2D eigenvalue weighted by Gasteiger charge is 2.39. The molecule has 1 aliphatic rings. The first-order chi connectivity index (χ1) is 11.7. The molecule has 7 heteroatoms. The van der Waals surface area contributed by atoms with E-state index < -0.39 is 17.1 Å². The molecule has 0 radical (unpaired) electrons. The number of nitrogens with one attached hydrogen (secondary N) is 2. The maximum absolute atomic E-state index is 12.2. The van der Waals surface area contributed by atoms with E-state index in [1.165, 1.54) is 0 Å². The van der Waals surface area contributed by atoms with E-state index in [-0.39, 0.29) is 5.91 Å². The molecule has 0 spiro atoms. The fraction of sp³-hybridized carbons (Fsp3) is 0.556. The van der Waals surface area contributed by atoms with Gasteiger partial charge in [-0.3, -0.25) is 4.79 Å². The minimum atomic E-state index is -0.560. The van der Waals surface area contributed by atoms with Gasteiger partial charge in [0.25, 0.3) is 5.91 Å². The predicted molar refractivity (Wildman–Crippen MR) is 102 cm³/mol. The number of rotatable bonds is 5. The second-order valence-corrected chi connectivity index (χ2v) is 8.59. The van der Waals surface area contributed by atoms with Gasteiger partial charge in [0.05, 0.1) is 0 Å². The molecule has 2 N–H and O–H groups in total. The summed E-state index contributed by atoms with van der Waals surface area (Å²) in [5, 5.41) is 5.80. The second-order valence-electron chi connectivity index (χ2n) is 7.30. The summed E-state index contributed by atoms with van der Waals surface area (Å²) in [5.41, 5.74) is 0.579. The Bertz CT molecular complexity index is 660.